The first-order valence-corrected chi connectivity index (χ1v) is 5.87. The van der Waals surface area contributed by atoms with Gasteiger partial charge in [0.25, 0.3) is 0 Å². The molecule has 1 aromatic rings. The monoisotopic (exact) mass is 255 g/mol. The topological polar surface area (TPSA) is 47.6 Å². The van der Waals surface area contributed by atoms with E-state index in [4.69, 9.17) is 9.47 Å². The van der Waals surface area contributed by atoms with Gasteiger partial charge in [-0.2, -0.15) is 0 Å². The Morgan fingerprint density at radius 1 is 1.44 bits per heavy atom. The molecule has 1 N–H and O–H groups in total. The smallest absolute Gasteiger partial charge is 0.332 e. The van der Waals surface area contributed by atoms with E-state index < -0.39 is 0 Å². The van der Waals surface area contributed by atoms with Crippen molar-refractivity contribution in [3.63, 3.8) is 0 Å². The molecule has 0 aromatic heterocycles. The number of carbonyl (C=O) groups is 1. The lowest BCUT2D eigenvalue weighted by Gasteiger charge is -2.10. The third kappa shape index (κ3) is 4.71. The Morgan fingerprint density at radius 2 is 2.22 bits per heavy atom. The minimum atomic E-state index is -0.389. The zero-order valence-corrected chi connectivity index (χ0v) is 10.7. The van der Waals surface area contributed by atoms with Crippen molar-refractivity contribution in [2.24, 2.45) is 0 Å². The molecule has 0 aliphatic carbocycles. The average molecular weight is 255 g/mol. The van der Waals surface area contributed by atoms with Gasteiger partial charge in [-0.15, -0.1) is 0 Å². The fourth-order valence-electron chi connectivity index (χ4n) is 1.46. The van der Waals surface area contributed by atoms with Crippen LogP contribution < -0.4 is 5.32 Å². The summed E-state index contributed by atoms with van der Waals surface area (Å²) in [7, 11) is 0. The van der Waals surface area contributed by atoms with Gasteiger partial charge in [0.05, 0.1) is 18.9 Å². The van der Waals surface area contributed by atoms with E-state index >= 15 is 0 Å². The van der Waals surface area contributed by atoms with Crippen molar-refractivity contribution in [3.05, 3.63) is 29.6 Å². The van der Waals surface area contributed by atoms with Crippen molar-refractivity contribution in [1.29, 1.82) is 0 Å². The summed E-state index contributed by atoms with van der Waals surface area (Å²) in [4.78, 5) is 11.0. The highest BCUT2D eigenvalue weighted by Gasteiger charge is 2.04. The van der Waals surface area contributed by atoms with Crippen molar-refractivity contribution in [2.45, 2.75) is 13.8 Å². The molecule has 0 heterocycles. The third-order valence-corrected chi connectivity index (χ3v) is 2.30. The molecule has 5 heteroatoms. The molecule has 1 aromatic carbocycles. The number of carbonyl (C=O) groups excluding carboxylic acids is 1. The van der Waals surface area contributed by atoms with E-state index in [1.165, 1.54) is 6.07 Å². The van der Waals surface area contributed by atoms with E-state index in [1.807, 2.05) is 13.0 Å². The van der Waals surface area contributed by atoms with Crippen LogP contribution in [0.1, 0.15) is 12.5 Å². The Kier molecular flexibility index (Phi) is 6.14. The molecule has 1 rings (SSSR count). The number of halogens is 1. The van der Waals surface area contributed by atoms with Gasteiger partial charge >= 0.3 is 5.97 Å². The molecule has 0 aliphatic rings. The van der Waals surface area contributed by atoms with Crippen LogP contribution in [0, 0.1) is 12.7 Å². The van der Waals surface area contributed by atoms with E-state index in [9.17, 15) is 9.18 Å². The number of esters is 1. The van der Waals surface area contributed by atoms with Gasteiger partial charge in [-0.05, 0) is 25.5 Å². The average Bonchev–Trinajstić information content (AvgIpc) is 2.32. The molecule has 0 amide bonds. The molecular formula is C13H18FNO3. The molecule has 0 unspecified atom stereocenters. The highest BCUT2D eigenvalue weighted by Crippen LogP contribution is 2.17. The molecule has 0 radical (unpaired) electrons. The molecule has 0 saturated carbocycles. The summed E-state index contributed by atoms with van der Waals surface area (Å²) in [6.07, 6.45) is 0. The second kappa shape index (κ2) is 7.66. The SMILES string of the molecule is CCOC(=O)COCCNc1c(C)cccc1F. The zero-order valence-electron chi connectivity index (χ0n) is 10.7. The molecular weight excluding hydrogens is 237 g/mol. The molecule has 0 bridgehead atoms. The Labute approximate surface area is 106 Å². The van der Waals surface area contributed by atoms with E-state index in [2.05, 4.69) is 5.32 Å². The van der Waals surface area contributed by atoms with Gasteiger partial charge < -0.3 is 14.8 Å². The van der Waals surface area contributed by atoms with Crippen LogP contribution in [0.5, 0.6) is 0 Å². The number of rotatable bonds is 7. The van der Waals surface area contributed by atoms with Crippen LogP contribution in [0.4, 0.5) is 10.1 Å². The second-order valence-corrected chi connectivity index (χ2v) is 3.72. The normalized spacial score (nSPS) is 10.2. The summed E-state index contributed by atoms with van der Waals surface area (Å²) in [5.74, 6) is -0.681. The van der Waals surface area contributed by atoms with Gasteiger partial charge in [-0.25, -0.2) is 9.18 Å². The maximum Gasteiger partial charge on any atom is 0.332 e. The molecule has 0 atom stereocenters. The Bertz CT molecular complexity index is 376. The first-order chi connectivity index (χ1) is 8.65. The van der Waals surface area contributed by atoms with Gasteiger partial charge in [-0.3, -0.25) is 0 Å². The van der Waals surface area contributed by atoms with Crippen LogP contribution in [-0.4, -0.2) is 32.3 Å². The Hall–Kier alpha value is -1.62. The Morgan fingerprint density at radius 3 is 2.89 bits per heavy atom. The van der Waals surface area contributed by atoms with Gasteiger partial charge in [0.15, 0.2) is 0 Å². The summed E-state index contributed by atoms with van der Waals surface area (Å²) in [6, 6.07) is 4.88. The number of para-hydroxylation sites is 1. The number of benzene rings is 1. The number of anilines is 1. The van der Waals surface area contributed by atoms with E-state index in [0.29, 0.717) is 25.4 Å². The van der Waals surface area contributed by atoms with Crippen molar-refractivity contribution >= 4 is 11.7 Å². The largest absolute Gasteiger partial charge is 0.464 e. The number of hydrogen-bond acceptors (Lipinski definition) is 4. The van der Waals surface area contributed by atoms with Crippen LogP contribution >= 0.6 is 0 Å². The van der Waals surface area contributed by atoms with Crippen molar-refractivity contribution in [3.8, 4) is 0 Å². The maximum atomic E-state index is 13.4. The second-order valence-electron chi connectivity index (χ2n) is 3.72. The van der Waals surface area contributed by atoms with Gasteiger partial charge in [0.1, 0.15) is 12.4 Å². The van der Waals surface area contributed by atoms with Crippen molar-refractivity contribution < 1.29 is 18.7 Å². The quantitative estimate of drug-likeness (QED) is 0.599. The van der Waals surface area contributed by atoms with Gasteiger partial charge in [0.2, 0.25) is 0 Å². The zero-order chi connectivity index (χ0) is 13.4. The highest BCUT2D eigenvalue weighted by molar-refractivity contribution is 5.70. The summed E-state index contributed by atoms with van der Waals surface area (Å²) < 4.78 is 23.2. The standard InChI is InChI=1S/C13H18FNO3/c1-3-18-12(16)9-17-8-7-15-13-10(2)5-4-6-11(13)14/h4-6,15H,3,7-9H2,1-2H3. The van der Waals surface area contributed by atoms with Crippen molar-refractivity contribution in [2.75, 3.05) is 31.7 Å². The molecule has 0 fully saturated rings. The van der Waals surface area contributed by atoms with Gasteiger partial charge in [0, 0.05) is 6.54 Å². The molecule has 4 nitrogen and oxygen atoms in total. The minimum Gasteiger partial charge on any atom is -0.464 e. The Balaban J connectivity index is 2.24. The predicted octanol–water partition coefficient (Wildman–Crippen LogP) is 2.13. The fraction of sp³-hybridized carbons (Fsp3) is 0.462. The highest BCUT2D eigenvalue weighted by atomic mass is 19.1. The predicted molar refractivity (Wildman–Crippen MR) is 67.1 cm³/mol. The summed E-state index contributed by atoms with van der Waals surface area (Å²) in [5, 5.41) is 2.93. The molecule has 0 spiro atoms. The number of aryl methyl sites for hydroxylation is 1. The molecule has 18 heavy (non-hydrogen) atoms. The van der Waals surface area contributed by atoms with Crippen LogP contribution in [0.25, 0.3) is 0 Å². The third-order valence-electron chi connectivity index (χ3n) is 2.30. The fourth-order valence-corrected chi connectivity index (χ4v) is 1.46. The lowest BCUT2D eigenvalue weighted by Crippen LogP contribution is -2.17. The van der Waals surface area contributed by atoms with E-state index in [1.54, 1.807) is 13.0 Å². The summed E-state index contributed by atoms with van der Waals surface area (Å²) in [6.45, 7) is 4.57. The number of ether oxygens (including phenoxy) is 2. The molecule has 0 saturated heterocycles. The van der Waals surface area contributed by atoms with Crippen LogP contribution in [0.15, 0.2) is 18.2 Å². The van der Waals surface area contributed by atoms with Crippen molar-refractivity contribution in [1.82, 2.24) is 0 Å². The lowest BCUT2D eigenvalue weighted by atomic mass is 10.2. The maximum absolute atomic E-state index is 13.4. The van der Waals surface area contributed by atoms with Gasteiger partial charge in [-0.1, -0.05) is 12.1 Å². The van der Waals surface area contributed by atoms with Crippen LogP contribution in [-0.2, 0) is 14.3 Å². The first-order valence-electron chi connectivity index (χ1n) is 5.87. The van der Waals surface area contributed by atoms with E-state index in [0.717, 1.165) is 5.56 Å². The summed E-state index contributed by atoms with van der Waals surface area (Å²) in [5.41, 5.74) is 1.30. The summed E-state index contributed by atoms with van der Waals surface area (Å²) >= 11 is 0. The first kappa shape index (κ1) is 14.4. The lowest BCUT2D eigenvalue weighted by molar-refractivity contribution is -0.148. The number of nitrogens with one attached hydrogen (secondary N) is 1. The van der Waals surface area contributed by atoms with E-state index in [-0.39, 0.29) is 18.4 Å². The molecule has 0 aliphatic heterocycles. The molecule has 100 valence electrons. The van der Waals surface area contributed by atoms with Crippen LogP contribution in [0.2, 0.25) is 0 Å². The number of hydrogen-bond donors (Lipinski definition) is 1. The van der Waals surface area contributed by atoms with Crippen LogP contribution in [0.3, 0.4) is 0 Å². The minimum absolute atomic E-state index is 0.0776.